The standard InChI is InChI=1S/C20H18FN5/c1-20(2,17-3-5-18(21)6-4-17)13-26-19-24-11-16(12-25-19)15-7-14(8-22)9-23-10-15/h3-7,9-12H,13H2,1-2H3,(H,24,25,26). The zero-order valence-electron chi connectivity index (χ0n) is 14.6. The van der Waals surface area contributed by atoms with Crippen molar-refractivity contribution in [3.63, 3.8) is 0 Å². The van der Waals surface area contributed by atoms with Crippen LogP contribution in [0, 0.1) is 17.1 Å². The predicted molar refractivity (Wildman–Crippen MR) is 97.9 cm³/mol. The molecular formula is C20H18FN5. The molecule has 3 rings (SSSR count). The van der Waals surface area contributed by atoms with E-state index in [2.05, 4.69) is 40.2 Å². The molecule has 0 spiro atoms. The number of rotatable bonds is 5. The molecule has 0 saturated carbocycles. The van der Waals surface area contributed by atoms with Crippen molar-refractivity contribution < 1.29 is 4.39 Å². The number of nitrogens with one attached hydrogen (secondary N) is 1. The van der Waals surface area contributed by atoms with Crippen LogP contribution in [0.15, 0.2) is 55.1 Å². The van der Waals surface area contributed by atoms with Gasteiger partial charge in [0.25, 0.3) is 0 Å². The molecule has 6 heteroatoms. The molecule has 0 saturated heterocycles. The van der Waals surface area contributed by atoms with E-state index in [-0.39, 0.29) is 11.2 Å². The van der Waals surface area contributed by atoms with Gasteiger partial charge in [0, 0.05) is 47.9 Å². The molecule has 1 N–H and O–H groups in total. The Morgan fingerprint density at radius 1 is 1.04 bits per heavy atom. The van der Waals surface area contributed by atoms with Crippen LogP contribution < -0.4 is 5.32 Å². The van der Waals surface area contributed by atoms with E-state index in [0.29, 0.717) is 18.1 Å². The molecule has 5 nitrogen and oxygen atoms in total. The molecule has 1 aromatic carbocycles. The molecule has 0 amide bonds. The number of aromatic nitrogens is 3. The maximum atomic E-state index is 13.1. The van der Waals surface area contributed by atoms with Crippen LogP contribution in [0.2, 0.25) is 0 Å². The monoisotopic (exact) mass is 347 g/mol. The van der Waals surface area contributed by atoms with Gasteiger partial charge in [0.2, 0.25) is 5.95 Å². The van der Waals surface area contributed by atoms with Crippen molar-refractivity contribution >= 4 is 5.95 Å². The maximum absolute atomic E-state index is 13.1. The molecule has 2 aromatic heterocycles. The molecule has 0 radical (unpaired) electrons. The second-order valence-corrected chi connectivity index (χ2v) is 6.61. The fraction of sp³-hybridized carbons (Fsp3) is 0.200. The van der Waals surface area contributed by atoms with Crippen LogP contribution in [-0.2, 0) is 5.41 Å². The Morgan fingerprint density at radius 2 is 1.73 bits per heavy atom. The number of benzene rings is 1. The van der Waals surface area contributed by atoms with E-state index in [1.54, 1.807) is 36.8 Å². The van der Waals surface area contributed by atoms with Gasteiger partial charge in [-0.1, -0.05) is 26.0 Å². The highest BCUT2D eigenvalue weighted by molar-refractivity contribution is 5.62. The molecule has 0 aliphatic heterocycles. The second kappa shape index (κ2) is 7.28. The van der Waals surface area contributed by atoms with E-state index in [1.165, 1.54) is 18.3 Å². The Morgan fingerprint density at radius 3 is 2.38 bits per heavy atom. The summed E-state index contributed by atoms with van der Waals surface area (Å²) in [7, 11) is 0. The largest absolute Gasteiger partial charge is 0.353 e. The van der Waals surface area contributed by atoms with Crippen molar-refractivity contribution in [2.24, 2.45) is 0 Å². The highest BCUT2D eigenvalue weighted by atomic mass is 19.1. The number of nitrogens with zero attached hydrogens (tertiary/aromatic N) is 4. The molecule has 0 bridgehead atoms. The Kier molecular flexibility index (Phi) is 4.90. The minimum absolute atomic E-state index is 0.208. The number of hydrogen-bond acceptors (Lipinski definition) is 5. The highest BCUT2D eigenvalue weighted by Gasteiger charge is 2.20. The van der Waals surface area contributed by atoms with E-state index in [9.17, 15) is 4.39 Å². The van der Waals surface area contributed by atoms with E-state index in [4.69, 9.17) is 5.26 Å². The Balaban J connectivity index is 1.69. The number of hydrogen-bond donors (Lipinski definition) is 1. The number of pyridine rings is 1. The Bertz CT molecular complexity index is 928. The summed E-state index contributed by atoms with van der Waals surface area (Å²) in [5, 5.41) is 12.2. The molecule has 26 heavy (non-hydrogen) atoms. The summed E-state index contributed by atoms with van der Waals surface area (Å²) in [5.41, 5.74) is 2.90. The fourth-order valence-corrected chi connectivity index (χ4v) is 2.53. The van der Waals surface area contributed by atoms with Crippen molar-refractivity contribution in [2.45, 2.75) is 19.3 Å². The van der Waals surface area contributed by atoms with Crippen LogP contribution in [0.3, 0.4) is 0 Å². The van der Waals surface area contributed by atoms with Crippen molar-refractivity contribution in [3.8, 4) is 17.2 Å². The molecule has 0 fully saturated rings. The molecule has 0 atom stereocenters. The lowest BCUT2D eigenvalue weighted by Gasteiger charge is -2.25. The summed E-state index contributed by atoms with van der Waals surface area (Å²) in [6, 6.07) is 10.3. The summed E-state index contributed by atoms with van der Waals surface area (Å²) in [6.45, 7) is 4.74. The third kappa shape index (κ3) is 4.01. The van der Waals surface area contributed by atoms with E-state index < -0.39 is 0 Å². The van der Waals surface area contributed by atoms with E-state index >= 15 is 0 Å². The number of anilines is 1. The molecule has 0 unspecified atom stereocenters. The minimum Gasteiger partial charge on any atom is -0.353 e. The lowest BCUT2D eigenvalue weighted by atomic mass is 9.84. The normalized spacial score (nSPS) is 11.0. The minimum atomic E-state index is -0.244. The Labute approximate surface area is 151 Å². The van der Waals surface area contributed by atoms with Gasteiger partial charge >= 0.3 is 0 Å². The van der Waals surface area contributed by atoms with Crippen molar-refractivity contribution in [1.29, 1.82) is 5.26 Å². The van der Waals surface area contributed by atoms with Gasteiger partial charge in [0.15, 0.2) is 0 Å². The van der Waals surface area contributed by atoms with Gasteiger partial charge in [0.1, 0.15) is 11.9 Å². The summed E-state index contributed by atoms with van der Waals surface area (Å²) in [4.78, 5) is 12.7. The van der Waals surface area contributed by atoms with Gasteiger partial charge in [0.05, 0.1) is 5.56 Å². The van der Waals surface area contributed by atoms with Crippen molar-refractivity contribution in [3.05, 3.63) is 72.1 Å². The second-order valence-electron chi connectivity index (χ2n) is 6.61. The number of halogens is 1. The van der Waals surface area contributed by atoms with Crippen LogP contribution >= 0.6 is 0 Å². The van der Waals surface area contributed by atoms with Crippen LogP contribution in [0.25, 0.3) is 11.1 Å². The van der Waals surface area contributed by atoms with Gasteiger partial charge in [-0.05, 0) is 23.8 Å². The van der Waals surface area contributed by atoms with Gasteiger partial charge in [-0.3, -0.25) is 4.98 Å². The first kappa shape index (κ1) is 17.5. The molecule has 0 aliphatic rings. The summed E-state index contributed by atoms with van der Waals surface area (Å²) in [6.07, 6.45) is 6.57. The van der Waals surface area contributed by atoms with E-state index in [0.717, 1.165) is 16.7 Å². The lowest BCUT2D eigenvalue weighted by Crippen LogP contribution is -2.28. The Hall–Kier alpha value is -3.33. The SMILES string of the molecule is CC(C)(CNc1ncc(-c2cncc(C#N)c2)cn1)c1ccc(F)cc1. The lowest BCUT2D eigenvalue weighted by molar-refractivity contribution is 0.551. The van der Waals surface area contributed by atoms with Crippen LogP contribution in [0.5, 0.6) is 0 Å². The zero-order chi connectivity index (χ0) is 18.6. The molecule has 0 aliphatic carbocycles. The van der Waals surface area contributed by atoms with Gasteiger partial charge in [-0.25, -0.2) is 14.4 Å². The molecule has 3 aromatic rings. The molecular weight excluding hydrogens is 329 g/mol. The van der Waals surface area contributed by atoms with Gasteiger partial charge in [-0.15, -0.1) is 0 Å². The average Bonchev–Trinajstić information content (AvgIpc) is 2.67. The average molecular weight is 347 g/mol. The summed E-state index contributed by atoms with van der Waals surface area (Å²) < 4.78 is 13.1. The predicted octanol–water partition coefficient (Wildman–Crippen LogP) is 3.94. The van der Waals surface area contributed by atoms with Gasteiger partial charge < -0.3 is 5.32 Å². The maximum Gasteiger partial charge on any atom is 0.222 e. The van der Waals surface area contributed by atoms with Crippen molar-refractivity contribution in [2.75, 3.05) is 11.9 Å². The van der Waals surface area contributed by atoms with Gasteiger partial charge in [-0.2, -0.15) is 5.26 Å². The molecule has 2 heterocycles. The third-order valence-electron chi connectivity index (χ3n) is 4.17. The van der Waals surface area contributed by atoms with Crippen LogP contribution in [0.1, 0.15) is 25.0 Å². The quantitative estimate of drug-likeness (QED) is 0.757. The fourth-order valence-electron chi connectivity index (χ4n) is 2.53. The zero-order valence-corrected chi connectivity index (χ0v) is 14.6. The van der Waals surface area contributed by atoms with Crippen LogP contribution in [-0.4, -0.2) is 21.5 Å². The smallest absolute Gasteiger partial charge is 0.222 e. The first-order valence-electron chi connectivity index (χ1n) is 8.15. The first-order valence-corrected chi connectivity index (χ1v) is 8.15. The third-order valence-corrected chi connectivity index (χ3v) is 4.17. The van der Waals surface area contributed by atoms with Crippen LogP contribution in [0.4, 0.5) is 10.3 Å². The number of nitriles is 1. The first-order chi connectivity index (χ1) is 12.5. The van der Waals surface area contributed by atoms with Crippen molar-refractivity contribution in [1.82, 2.24) is 15.0 Å². The van der Waals surface area contributed by atoms with E-state index in [1.807, 2.05) is 0 Å². The summed E-state index contributed by atoms with van der Waals surface area (Å²) >= 11 is 0. The summed E-state index contributed by atoms with van der Waals surface area (Å²) in [5.74, 6) is 0.264. The molecule has 130 valence electrons. The topological polar surface area (TPSA) is 74.5 Å². The highest BCUT2D eigenvalue weighted by Crippen LogP contribution is 2.24.